The number of aliphatic hydroxyl groups is 1. The number of hydrogen-bond acceptors (Lipinski definition) is 5. The van der Waals surface area contributed by atoms with Crippen LogP contribution in [0.25, 0.3) is 22.0 Å². The van der Waals surface area contributed by atoms with E-state index in [1.165, 1.54) is 24.3 Å². The Balaban J connectivity index is 1.53. The minimum atomic E-state index is -1.28. The average Bonchev–Trinajstić information content (AvgIpc) is 3.53. The molecule has 1 aliphatic heterocycles. The van der Waals surface area contributed by atoms with E-state index < -0.39 is 29.3 Å². The fourth-order valence-corrected chi connectivity index (χ4v) is 4.54. The number of fused-ring (bicyclic) bond motifs is 2. The van der Waals surface area contributed by atoms with Crippen molar-refractivity contribution in [2.75, 3.05) is 4.90 Å². The molecule has 3 aromatic carbocycles. The quantitative estimate of drug-likeness (QED) is 0.308. The van der Waals surface area contributed by atoms with Gasteiger partial charge in [-0.2, -0.15) is 0 Å². The molecule has 3 heterocycles. The number of aliphatic hydroxyl groups excluding tert-OH is 1. The van der Waals surface area contributed by atoms with Gasteiger partial charge in [-0.1, -0.05) is 41.9 Å². The number of nitrogens with zero attached hydrogens (tertiary/aromatic N) is 2. The van der Waals surface area contributed by atoms with Gasteiger partial charge in [0.25, 0.3) is 5.91 Å². The Bertz CT molecular complexity index is 1670. The summed E-state index contributed by atoms with van der Waals surface area (Å²) in [6.45, 7) is 0. The summed E-state index contributed by atoms with van der Waals surface area (Å²) in [4.78, 5) is 35.4. The monoisotopic (exact) mass is 487 g/mol. The number of para-hydroxylation sites is 2. The standard InChI is InChI=1S/C26H15ClFN3O4/c27-14-9-10-19-13(11-14)12-20(35-19)23(32)21-22(15-5-1-2-6-16(15)28)31(25(34)24(21)33)26-29-17-7-3-4-8-18(17)30-26/h1-12,22,33H,(H,29,30). The minimum absolute atomic E-state index is 0.0212. The molecule has 1 unspecified atom stereocenters. The summed E-state index contributed by atoms with van der Waals surface area (Å²) in [6.07, 6.45) is 0. The Kier molecular flexibility index (Phi) is 4.72. The first-order valence-electron chi connectivity index (χ1n) is 10.6. The van der Waals surface area contributed by atoms with Crippen molar-refractivity contribution in [3.8, 4) is 0 Å². The predicted molar refractivity (Wildman–Crippen MR) is 128 cm³/mol. The van der Waals surface area contributed by atoms with Gasteiger partial charge in [0.05, 0.1) is 16.6 Å². The molecule has 0 fully saturated rings. The van der Waals surface area contributed by atoms with Gasteiger partial charge in [0, 0.05) is 16.0 Å². The highest BCUT2D eigenvalue weighted by Crippen LogP contribution is 2.42. The number of furan rings is 1. The van der Waals surface area contributed by atoms with Gasteiger partial charge in [-0.15, -0.1) is 0 Å². The molecule has 35 heavy (non-hydrogen) atoms. The second-order valence-electron chi connectivity index (χ2n) is 8.06. The van der Waals surface area contributed by atoms with Crippen LogP contribution in [0.5, 0.6) is 0 Å². The zero-order valence-corrected chi connectivity index (χ0v) is 18.6. The molecule has 6 rings (SSSR count). The van der Waals surface area contributed by atoms with Crippen LogP contribution in [0.15, 0.2) is 88.5 Å². The van der Waals surface area contributed by atoms with Gasteiger partial charge in [-0.25, -0.2) is 9.37 Å². The fourth-order valence-electron chi connectivity index (χ4n) is 4.36. The third-order valence-electron chi connectivity index (χ3n) is 5.96. The molecule has 5 aromatic rings. The lowest BCUT2D eigenvalue weighted by Crippen LogP contribution is -2.32. The van der Waals surface area contributed by atoms with Crippen molar-refractivity contribution in [2.24, 2.45) is 0 Å². The highest BCUT2D eigenvalue weighted by atomic mass is 35.5. The summed E-state index contributed by atoms with van der Waals surface area (Å²) in [5, 5.41) is 11.9. The van der Waals surface area contributed by atoms with E-state index in [2.05, 4.69) is 9.97 Å². The Morgan fingerprint density at radius 3 is 2.66 bits per heavy atom. The van der Waals surface area contributed by atoms with Gasteiger partial charge < -0.3 is 14.5 Å². The summed E-state index contributed by atoms with van der Waals surface area (Å²) in [5.41, 5.74) is 1.31. The maximum absolute atomic E-state index is 15.0. The summed E-state index contributed by atoms with van der Waals surface area (Å²) >= 11 is 6.04. The number of carbonyl (C=O) groups is 2. The lowest BCUT2D eigenvalue weighted by atomic mass is 9.94. The third-order valence-corrected chi connectivity index (χ3v) is 6.19. The molecule has 0 saturated carbocycles. The van der Waals surface area contributed by atoms with Crippen LogP contribution in [0.4, 0.5) is 10.3 Å². The predicted octanol–water partition coefficient (Wildman–Crippen LogP) is 5.88. The maximum Gasteiger partial charge on any atom is 0.296 e. The first kappa shape index (κ1) is 21.1. The van der Waals surface area contributed by atoms with E-state index >= 15 is 4.39 Å². The zero-order chi connectivity index (χ0) is 24.3. The highest BCUT2D eigenvalue weighted by molar-refractivity contribution is 6.31. The molecule has 2 N–H and O–H groups in total. The zero-order valence-electron chi connectivity index (χ0n) is 17.8. The number of rotatable bonds is 4. The second kappa shape index (κ2) is 7.82. The largest absolute Gasteiger partial charge is 0.503 e. The number of aromatic amines is 1. The van der Waals surface area contributed by atoms with Gasteiger partial charge in [0.2, 0.25) is 11.7 Å². The summed E-state index contributed by atoms with van der Waals surface area (Å²) in [6, 6.07) is 17.9. The maximum atomic E-state index is 15.0. The van der Waals surface area contributed by atoms with Crippen LogP contribution in [-0.2, 0) is 4.79 Å². The van der Waals surface area contributed by atoms with Crippen molar-refractivity contribution in [1.29, 1.82) is 0 Å². The topological polar surface area (TPSA) is 99.4 Å². The Hall–Kier alpha value is -4.43. The van der Waals surface area contributed by atoms with Crippen LogP contribution in [0.3, 0.4) is 0 Å². The van der Waals surface area contributed by atoms with Gasteiger partial charge >= 0.3 is 0 Å². The van der Waals surface area contributed by atoms with E-state index in [0.29, 0.717) is 27.0 Å². The van der Waals surface area contributed by atoms with Crippen molar-refractivity contribution in [3.63, 3.8) is 0 Å². The summed E-state index contributed by atoms with van der Waals surface area (Å²) < 4.78 is 20.7. The van der Waals surface area contributed by atoms with E-state index in [0.717, 1.165) is 4.90 Å². The number of hydrogen-bond donors (Lipinski definition) is 2. The molecule has 0 spiro atoms. The lowest BCUT2D eigenvalue weighted by molar-refractivity contribution is -0.117. The number of anilines is 1. The molecule has 2 aromatic heterocycles. The van der Waals surface area contributed by atoms with Gasteiger partial charge in [-0.3, -0.25) is 14.5 Å². The first-order valence-corrected chi connectivity index (χ1v) is 11.0. The van der Waals surface area contributed by atoms with Crippen molar-refractivity contribution < 1.29 is 23.5 Å². The molecule has 0 bridgehead atoms. The van der Waals surface area contributed by atoms with Crippen LogP contribution >= 0.6 is 11.6 Å². The molecule has 0 radical (unpaired) electrons. The molecule has 0 aliphatic carbocycles. The number of halogens is 2. The fraction of sp³-hybridized carbons (Fsp3) is 0.0385. The molecule has 0 saturated heterocycles. The normalized spacial score (nSPS) is 16.1. The third kappa shape index (κ3) is 3.30. The molecule has 1 amide bonds. The number of nitrogens with one attached hydrogen (secondary N) is 1. The second-order valence-corrected chi connectivity index (χ2v) is 8.50. The number of aromatic nitrogens is 2. The van der Waals surface area contributed by atoms with E-state index in [1.807, 2.05) is 0 Å². The van der Waals surface area contributed by atoms with Gasteiger partial charge in [0.15, 0.2) is 11.5 Å². The van der Waals surface area contributed by atoms with E-state index in [-0.39, 0.29) is 22.8 Å². The lowest BCUT2D eigenvalue weighted by Gasteiger charge is -2.24. The molecule has 172 valence electrons. The van der Waals surface area contributed by atoms with Crippen molar-refractivity contribution >= 4 is 51.2 Å². The van der Waals surface area contributed by atoms with Crippen molar-refractivity contribution in [2.45, 2.75) is 6.04 Å². The van der Waals surface area contributed by atoms with Crippen LogP contribution in [0, 0.1) is 5.82 Å². The number of imidazole rings is 1. The Labute approximate surface area is 202 Å². The van der Waals surface area contributed by atoms with Crippen LogP contribution in [0.2, 0.25) is 5.02 Å². The number of ketones is 1. The molecule has 1 aliphatic rings. The minimum Gasteiger partial charge on any atom is -0.503 e. The van der Waals surface area contributed by atoms with E-state index in [1.54, 1.807) is 48.5 Å². The number of benzene rings is 3. The molecule has 7 nitrogen and oxygen atoms in total. The van der Waals surface area contributed by atoms with Crippen LogP contribution in [0.1, 0.15) is 22.2 Å². The van der Waals surface area contributed by atoms with Crippen LogP contribution < -0.4 is 4.90 Å². The number of H-pyrrole nitrogens is 1. The van der Waals surface area contributed by atoms with Gasteiger partial charge in [-0.05, 0) is 42.5 Å². The Morgan fingerprint density at radius 2 is 1.86 bits per heavy atom. The number of carbonyl (C=O) groups excluding carboxylic acids is 2. The van der Waals surface area contributed by atoms with Gasteiger partial charge in [0.1, 0.15) is 17.4 Å². The molecular weight excluding hydrogens is 473 g/mol. The number of amides is 1. The summed E-state index contributed by atoms with van der Waals surface area (Å²) in [5.74, 6) is -3.15. The summed E-state index contributed by atoms with van der Waals surface area (Å²) in [7, 11) is 0. The SMILES string of the molecule is O=C(C1=C(O)C(=O)N(c2nc3ccccc3[nH]2)C1c1ccccc1F)c1cc2cc(Cl)ccc2o1. The Morgan fingerprint density at radius 1 is 1.09 bits per heavy atom. The van der Waals surface area contributed by atoms with E-state index in [4.69, 9.17) is 16.0 Å². The van der Waals surface area contributed by atoms with Crippen molar-refractivity contribution in [1.82, 2.24) is 9.97 Å². The van der Waals surface area contributed by atoms with Crippen molar-refractivity contribution in [3.05, 3.63) is 106 Å². The first-order chi connectivity index (χ1) is 16.9. The highest BCUT2D eigenvalue weighted by Gasteiger charge is 2.47. The molecular formula is C26H15ClFN3O4. The average molecular weight is 488 g/mol. The smallest absolute Gasteiger partial charge is 0.296 e. The molecule has 1 atom stereocenters. The molecule has 9 heteroatoms. The van der Waals surface area contributed by atoms with Crippen LogP contribution in [-0.4, -0.2) is 26.8 Å². The van der Waals surface area contributed by atoms with E-state index in [9.17, 15) is 14.7 Å². The number of Topliss-reactive ketones (excluding diaryl/α,β-unsaturated/α-hetero) is 1.